The lowest BCUT2D eigenvalue weighted by atomic mass is 9.43. The molecule has 2 saturated heterocycles. The van der Waals surface area contributed by atoms with Crippen molar-refractivity contribution in [2.45, 2.75) is 103 Å². The van der Waals surface area contributed by atoms with Crippen LogP contribution in [0.2, 0.25) is 0 Å². The van der Waals surface area contributed by atoms with Crippen LogP contribution < -0.4 is 0 Å². The highest BCUT2D eigenvalue weighted by atomic mass is 16.7. The van der Waals surface area contributed by atoms with E-state index in [-0.39, 0.29) is 29.1 Å². The van der Waals surface area contributed by atoms with Gasteiger partial charge in [-0.15, -0.1) is 0 Å². The molecule has 0 aromatic rings. The van der Waals surface area contributed by atoms with Crippen molar-refractivity contribution in [3.63, 3.8) is 0 Å². The Hall–Kier alpha value is -0.160. The van der Waals surface area contributed by atoms with E-state index in [4.69, 9.17) is 14.2 Å². The Morgan fingerprint density at radius 1 is 0.962 bits per heavy atom. The zero-order valence-electron chi connectivity index (χ0n) is 17.6. The van der Waals surface area contributed by atoms with Crippen LogP contribution in [0.3, 0.4) is 0 Å². The summed E-state index contributed by atoms with van der Waals surface area (Å²) >= 11 is 0. The number of ether oxygens (including phenoxy) is 3. The summed E-state index contributed by atoms with van der Waals surface area (Å²) in [5.41, 5.74) is -0.374. The van der Waals surface area contributed by atoms with Crippen molar-refractivity contribution in [3.8, 4) is 0 Å². The van der Waals surface area contributed by atoms with Crippen LogP contribution in [-0.2, 0) is 14.2 Å². The SMILES string of the molecule is CC1CCC2C3(C)COC(C)(C)OC3CCC2(C)C12CCC(C)(CO)O2. The maximum Gasteiger partial charge on any atom is 0.163 e. The van der Waals surface area contributed by atoms with Gasteiger partial charge in [-0.2, -0.15) is 0 Å². The Balaban J connectivity index is 1.71. The van der Waals surface area contributed by atoms with Crippen LogP contribution in [0.5, 0.6) is 0 Å². The summed E-state index contributed by atoms with van der Waals surface area (Å²) < 4.78 is 19.4. The normalized spacial score (nSPS) is 56.2. The molecule has 0 radical (unpaired) electrons. The first kappa shape index (κ1) is 19.2. The van der Waals surface area contributed by atoms with Crippen LogP contribution in [0.4, 0.5) is 0 Å². The first-order chi connectivity index (χ1) is 12.0. The van der Waals surface area contributed by atoms with Gasteiger partial charge in [-0.05, 0) is 71.1 Å². The lowest BCUT2D eigenvalue weighted by Crippen LogP contribution is -2.68. The number of fused-ring (bicyclic) bond motifs is 4. The second-order valence-corrected chi connectivity index (χ2v) is 10.9. The number of aliphatic hydroxyl groups is 1. The van der Waals surface area contributed by atoms with Crippen LogP contribution in [0.15, 0.2) is 0 Å². The monoisotopic (exact) mass is 366 g/mol. The zero-order valence-corrected chi connectivity index (χ0v) is 17.6. The average Bonchev–Trinajstić information content (AvgIpc) is 2.94. The van der Waals surface area contributed by atoms with E-state index in [1.165, 1.54) is 12.8 Å². The van der Waals surface area contributed by atoms with Gasteiger partial charge in [-0.1, -0.05) is 20.8 Å². The van der Waals surface area contributed by atoms with E-state index in [2.05, 4.69) is 27.7 Å². The fraction of sp³-hybridized carbons (Fsp3) is 1.00. The lowest BCUT2D eigenvalue weighted by Gasteiger charge is -2.67. The van der Waals surface area contributed by atoms with Crippen LogP contribution >= 0.6 is 0 Å². The van der Waals surface area contributed by atoms with Crippen LogP contribution in [-0.4, -0.2) is 41.4 Å². The highest BCUT2D eigenvalue weighted by Crippen LogP contribution is 2.68. The van der Waals surface area contributed by atoms with E-state index >= 15 is 0 Å². The Morgan fingerprint density at radius 2 is 1.69 bits per heavy atom. The van der Waals surface area contributed by atoms with Crippen molar-refractivity contribution in [2.75, 3.05) is 13.2 Å². The van der Waals surface area contributed by atoms with Crippen LogP contribution in [0, 0.1) is 22.7 Å². The number of hydrogen-bond acceptors (Lipinski definition) is 4. The molecule has 4 aliphatic rings. The van der Waals surface area contributed by atoms with Crippen molar-refractivity contribution < 1.29 is 19.3 Å². The zero-order chi connectivity index (χ0) is 19.0. The molecular formula is C22H38O4. The molecule has 4 rings (SSSR count). The van der Waals surface area contributed by atoms with Gasteiger partial charge >= 0.3 is 0 Å². The molecule has 0 bridgehead atoms. The van der Waals surface area contributed by atoms with Crippen molar-refractivity contribution in [1.82, 2.24) is 0 Å². The summed E-state index contributed by atoms with van der Waals surface area (Å²) in [7, 11) is 0. The van der Waals surface area contributed by atoms with Gasteiger partial charge in [0.05, 0.1) is 30.5 Å². The molecule has 1 N–H and O–H groups in total. The molecule has 2 aliphatic heterocycles. The van der Waals surface area contributed by atoms with Crippen molar-refractivity contribution >= 4 is 0 Å². The quantitative estimate of drug-likeness (QED) is 0.752. The molecule has 4 heteroatoms. The summed E-state index contributed by atoms with van der Waals surface area (Å²) in [4.78, 5) is 0. The molecule has 150 valence electrons. The highest BCUT2D eigenvalue weighted by molar-refractivity contribution is 5.17. The van der Waals surface area contributed by atoms with Gasteiger partial charge in [0.25, 0.3) is 0 Å². The molecule has 0 aromatic carbocycles. The Labute approximate surface area is 159 Å². The van der Waals surface area contributed by atoms with E-state index < -0.39 is 11.4 Å². The topological polar surface area (TPSA) is 47.9 Å². The fourth-order valence-corrected chi connectivity index (χ4v) is 7.20. The van der Waals surface area contributed by atoms with Crippen molar-refractivity contribution in [2.24, 2.45) is 22.7 Å². The molecule has 0 aromatic heterocycles. The molecule has 2 saturated carbocycles. The minimum absolute atomic E-state index is 0.0389. The predicted octanol–water partition coefficient (Wildman–Crippen LogP) is 4.29. The van der Waals surface area contributed by atoms with E-state index in [0.29, 0.717) is 11.8 Å². The molecule has 2 aliphatic carbocycles. The summed E-state index contributed by atoms with van der Waals surface area (Å²) in [5, 5.41) is 9.94. The van der Waals surface area contributed by atoms with Gasteiger partial charge in [0.1, 0.15) is 0 Å². The minimum atomic E-state index is -0.475. The number of rotatable bonds is 1. The Kier molecular flexibility index (Phi) is 4.19. The third-order valence-corrected chi connectivity index (χ3v) is 8.82. The Bertz CT molecular complexity index is 576. The van der Waals surface area contributed by atoms with E-state index in [1.54, 1.807) is 0 Å². The standard InChI is InChI=1S/C22H38O4/c1-15-7-8-16-20(5)14-24-18(2,3)25-17(20)9-10-21(16,6)22(15)12-11-19(4,13-23)26-22/h15-17,23H,7-14H2,1-6H3. The molecule has 7 atom stereocenters. The second kappa shape index (κ2) is 5.68. The summed E-state index contributed by atoms with van der Waals surface area (Å²) in [6.45, 7) is 14.3. The van der Waals surface area contributed by atoms with E-state index in [0.717, 1.165) is 32.3 Å². The summed E-state index contributed by atoms with van der Waals surface area (Å²) in [6.07, 6.45) is 6.90. The largest absolute Gasteiger partial charge is 0.393 e. The van der Waals surface area contributed by atoms with Gasteiger partial charge in [-0.25, -0.2) is 0 Å². The molecule has 4 fully saturated rings. The predicted molar refractivity (Wildman–Crippen MR) is 101 cm³/mol. The van der Waals surface area contributed by atoms with Gasteiger partial charge in [0.15, 0.2) is 5.79 Å². The third kappa shape index (κ3) is 2.41. The Morgan fingerprint density at radius 3 is 2.35 bits per heavy atom. The molecule has 2 heterocycles. The fourth-order valence-electron chi connectivity index (χ4n) is 7.20. The van der Waals surface area contributed by atoms with E-state index in [1.807, 2.05) is 13.8 Å². The number of hydrogen-bond donors (Lipinski definition) is 1. The van der Waals surface area contributed by atoms with Crippen LogP contribution in [0.1, 0.15) is 80.1 Å². The minimum Gasteiger partial charge on any atom is -0.393 e. The van der Waals surface area contributed by atoms with Gasteiger partial charge in [0.2, 0.25) is 0 Å². The highest BCUT2D eigenvalue weighted by Gasteiger charge is 2.69. The number of aliphatic hydroxyl groups excluding tert-OH is 1. The maximum atomic E-state index is 9.94. The molecule has 0 amide bonds. The molecular weight excluding hydrogens is 328 g/mol. The third-order valence-electron chi connectivity index (χ3n) is 8.82. The van der Waals surface area contributed by atoms with Gasteiger partial charge in [-0.3, -0.25) is 0 Å². The summed E-state index contributed by atoms with van der Waals surface area (Å²) in [5.74, 6) is 0.581. The molecule has 1 spiro atoms. The average molecular weight is 367 g/mol. The van der Waals surface area contributed by atoms with Gasteiger partial charge in [0, 0.05) is 10.8 Å². The molecule has 4 nitrogen and oxygen atoms in total. The smallest absolute Gasteiger partial charge is 0.163 e. The maximum absolute atomic E-state index is 9.94. The first-order valence-electron chi connectivity index (χ1n) is 10.6. The second-order valence-electron chi connectivity index (χ2n) is 10.9. The first-order valence-corrected chi connectivity index (χ1v) is 10.6. The molecule has 26 heavy (non-hydrogen) atoms. The van der Waals surface area contributed by atoms with Crippen LogP contribution in [0.25, 0.3) is 0 Å². The van der Waals surface area contributed by atoms with E-state index in [9.17, 15) is 5.11 Å². The van der Waals surface area contributed by atoms with Gasteiger partial charge < -0.3 is 19.3 Å². The van der Waals surface area contributed by atoms with Crippen molar-refractivity contribution in [1.29, 1.82) is 0 Å². The summed E-state index contributed by atoms with van der Waals surface area (Å²) in [6, 6.07) is 0. The lowest BCUT2D eigenvalue weighted by molar-refractivity contribution is -0.358. The van der Waals surface area contributed by atoms with Crippen molar-refractivity contribution in [3.05, 3.63) is 0 Å². The molecule has 7 unspecified atom stereocenters.